The molecule has 0 radical (unpaired) electrons. The van der Waals surface area contributed by atoms with Gasteiger partial charge in [-0.3, -0.25) is 0 Å². The molecule has 7 heteroatoms. The second kappa shape index (κ2) is 4.38. The van der Waals surface area contributed by atoms with Crippen molar-refractivity contribution in [1.29, 1.82) is 0 Å². The zero-order valence-electron chi connectivity index (χ0n) is 9.85. The van der Waals surface area contributed by atoms with Gasteiger partial charge in [0, 0.05) is 11.8 Å². The van der Waals surface area contributed by atoms with Crippen molar-refractivity contribution in [3.05, 3.63) is 11.7 Å². The minimum absolute atomic E-state index is 0.193. The van der Waals surface area contributed by atoms with Gasteiger partial charge in [0.15, 0.2) is 5.82 Å². The van der Waals surface area contributed by atoms with Crippen LogP contribution in [0.2, 0.25) is 0 Å². The van der Waals surface area contributed by atoms with Crippen LogP contribution in [-0.2, 0) is 21.7 Å². The average Bonchev–Trinajstić information content (AvgIpc) is 2.73. The van der Waals surface area contributed by atoms with E-state index >= 15 is 0 Å². The lowest BCUT2D eigenvalue weighted by atomic mass is 9.84. The van der Waals surface area contributed by atoms with E-state index in [0.29, 0.717) is 37.5 Å². The summed E-state index contributed by atoms with van der Waals surface area (Å²) in [6.07, 6.45) is 1.66. The van der Waals surface area contributed by atoms with Gasteiger partial charge >= 0.3 is 0 Å². The van der Waals surface area contributed by atoms with Crippen LogP contribution in [-0.4, -0.2) is 36.6 Å². The van der Waals surface area contributed by atoms with Crippen LogP contribution in [0.5, 0.6) is 0 Å². The van der Waals surface area contributed by atoms with E-state index in [-0.39, 0.29) is 16.9 Å². The van der Waals surface area contributed by atoms with Gasteiger partial charge in [-0.15, -0.1) is 0 Å². The predicted octanol–water partition coefficient (Wildman–Crippen LogP) is 0.0371. The first kappa shape index (κ1) is 12.5. The van der Waals surface area contributed by atoms with Gasteiger partial charge in [-0.2, -0.15) is 4.98 Å². The minimum atomic E-state index is -2.88. The number of nitrogens with zero attached hydrogens (tertiary/aromatic N) is 2. The normalized spacial score (nSPS) is 22.5. The van der Waals surface area contributed by atoms with Crippen molar-refractivity contribution < 1.29 is 12.9 Å². The highest BCUT2D eigenvalue weighted by atomic mass is 32.2. The van der Waals surface area contributed by atoms with E-state index in [1.165, 1.54) is 0 Å². The minimum Gasteiger partial charge on any atom is -0.339 e. The first-order valence-electron chi connectivity index (χ1n) is 5.69. The first-order chi connectivity index (χ1) is 7.95. The molecule has 17 heavy (non-hydrogen) atoms. The highest BCUT2D eigenvalue weighted by Gasteiger charge is 2.39. The molecule has 6 nitrogen and oxygen atoms in total. The van der Waals surface area contributed by atoms with Crippen LogP contribution in [0.25, 0.3) is 0 Å². The molecule has 1 saturated heterocycles. The monoisotopic (exact) mass is 259 g/mol. The molecule has 0 amide bonds. The average molecular weight is 259 g/mol. The molecule has 0 spiro atoms. The summed E-state index contributed by atoms with van der Waals surface area (Å²) in [4.78, 5) is 4.29. The summed E-state index contributed by atoms with van der Waals surface area (Å²) in [6, 6.07) is 0. The third kappa shape index (κ3) is 2.66. The Morgan fingerprint density at radius 3 is 2.65 bits per heavy atom. The quantitative estimate of drug-likeness (QED) is 0.822. The van der Waals surface area contributed by atoms with Crippen molar-refractivity contribution in [2.75, 3.05) is 18.1 Å². The van der Waals surface area contributed by atoms with E-state index in [0.717, 1.165) is 0 Å². The van der Waals surface area contributed by atoms with Gasteiger partial charge in [-0.1, -0.05) is 12.1 Å². The van der Waals surface area contributed by atoms with Gasteiger partial charge in [0.1, 0.15) is 9.84 Å². The molecule has 1 aliphatic rings. The maximum Gasteiger partial charge on any atom is 0.232 e. The van der Waals surface area contributed by atoms with Crippen LogP contribution in [0.3, 0.4) is 0 Å². The fourth-order valence-corrected chi connectivity index (χ4v) is 3.66. The van der Waals surface area contributed by atoms with Crippen LogP contribution in [0.15, 0.2) is 4.52 Å². The summed E-state index contributed by atoms with van der Waals surface area (Å²) in [5.74, 6) is 1.52. The molecular weight excluding hydrogens is 242 g/mol. The Balaban J connectivity index is 2.15. The van der Waals surface area contributed by atoms with Crippen molar-refractivity contribution in [2.24, 2.45) is 5.73 Å². The van der Waals surface area contributed by atoms with Gasteiger partial charge in [0.2, 0.25) is 5.89 Å². The summed E-state index contributed by atoms with van der Waals surface area (Å²) >= 11 is 0. The summed E-state index contributed by atoms with van der Waals surface area (Å²) in [6.45, 7) is 2.45. The molecule has 1 aromatic heterocycles. The Bertz CT molecular complexity index is 481. The Hall–Kier alpha value is -0.950. The summed E-state index contributed by atoms with van der Waals surface area (Å²) < 4.78 is 28.0. The van der Waals surface area contributed by atoms with Gasteiger partial charge < -0.3 is 10.3 Å². The topological polar surface area (TPSA) is 99.1 Å². The summed E-state index contributed by atoms with van der Waals surface area (Å²) in [7, 11) is -2.88. The molecular formula is C10H17N3O3S. The van der Waals surface area contributed by atoms with Crippen LogP contribution in [0, 0.1) is 0 Å². The third-order valence-electron chi connectivity index (χ3n) is 3.28. The molecule has 0 bridgehead atoms. The summed E-state index contributed by atoms with van der Waals surface area (Å²) in [5, 5.41) is 3.85. The fraction of sp³-hybridized carbons (Fsp3) is 0.800. The molecule has 0 atom stereocenters. The molecule has 1 aliphatic heterocycles. The lowest BCUT2D eigenvalue weighted by Gasteiger charge is -2.29. The van der Waals surface area contributed by atoms with E-state index in [4.69, 9.17) is 10.3 Å². The van der Waals surface area contributed by atoms with E-state index in [2.05, 4.69) is 10.1 Å². The number of hydrogen-bond acceptors (Lipinski definition) is 6. The van der Waals surface area contributed by atoms with Gasteiger partial charge in [0.05, 0.1) is 11.5 Å². The highest BCUT2D eigenvalue weighted by Crippen LogP contribution is 2.34. The number of nitrogens with two attached hydrogens (primary N) is 1. The van der Waals surface area contributed by atoms with Crippen LogP contribution >= 0.6 is 0 Å². The Morgan fingerprint density at radius 1 is 1.41 bits per heavy atom. The molecule has 2 heterocycles. The number of hydrogen-bond donors (Lipinski definition) is 1. The lowest BCUT2D eigenvalue weighted by molar-refractivity contribution is 0.274. The predicted molar refractivity (Wildman–Crippen MR) is 62.3 cm³/mol. The highest BCUT2D eigenvalue weighted by molar-refractivity contribution is 7.91. The third-order valence-corrected chi connectivity index (χ3v) is 4.93. The molecule has 0 unspecified atom stereocenters. The maximum absolute atomic E-state index is 11.4. The van der Waals surface area contributed by atoms with Gasteiger partial charge in [-0.25, -0.2) is 8.42 Å². The second-order valence-corrected chi connectivity index (χ2v) is 7.07. The number of aromatic nitrogens is 2. The molecule has 2 rings (SSSR count). The van der Waals surface area contributed by atoms with E-state index in [1.807, 2.05) is 6.92 Å². The van der Waals surface area contributed by atoms with Crippen molar-refractivity contribution in [1.82, 2.24) is 10.1 Å². The Morgan fingerprint density at radius 2 is 2.06 bits per heavy atom. The van der Waals surface area contributed by atoms with E-state index in [1.54, 1.807) is 0 Å². The summed E-state index contributed by atoms with van der Waals surface area (Å²) in [5.41, 5.74) is 5.10. The first-order valence-corrected chi connectivity index (χ1v) is 7.51. The zero-order chi connectivity index (χ0) is 12.5. The largest absolute Gasteiger partial charge is 0.339 e. The number of rotatable bonds is 3. The van der Waals surface area contributed by atoms with Gasteiger partial charge in [-0.05, 0) is 19.4 Å². The van der Waals surface area contributed by atoms with Crippen molar-refractivity contribution >= 4 is 9.84 Å². The Kier molecular flexibility index (Phi) is 3.22. The standard InChI is InChI=1S/C10H17N3O3S/c1-10(3-6-17(14,15)7-4-10)9-12-8(2-5-11)13-16-9/h2-7,11H2,1H3. The van der Waals surface area contributed by atoms with Crippen molar-refractivity contribution in [2.45, 2.75) is 31.6 Å². The second-order valence-electron chi connectivity index (χ2n) is 4.77. The SMILES string of the molecule is CC1(c2nc(CCN)no2)CCS(=O)(=O)CC1. The molecule has 1 aromatic rings. The smallest absolute Gasteiger partial charge is 0.232 e. The van der Waals surface area contributed by atoms with E-state index in [9.17, 15) is 8.42 Å². The maximum atomic E-state index is 11.4. The Labute approximate surface area is 100 Å². The van der Waals surface area contributed by atoms with Crippen LogP contribution < -0.4 is 5.73 Å². The van der Waals surface area contributed by atoms with Crippen LogP contribution in [0.4, 0.5) is 0 Å². The molecule has 2 N–H and O–H groups in total. The lowest BCUT2D eigenvalue weighted by Crippen LogP contribution is -2.34. The van der Waals surface area contributed by atoms with Crippen LogP contribution in [0.1, 0.15) is 31.5 Å². The molecule has 1 fully saturated rings. The number of sulfone groups is 1. The molecule has 0 saturated carbocycles. The van der Waals surface area contributed by atoms with Crippen molar-refractivity contribution in [3.63, 3.8) is 0 Å². The molecule has 0 aromatic carbocycles. The molecule has 0 aliphatic carbocycles. The molecule has 96 valence electrons. The fourth-order valence-electron chi connectivity index (χ4n) is 1.93. The van der Waals surface area contributed by atoms with E-state index < -0.39 is 9.84 Å². The zero-order valence-corrected chi connectivity index (χ0v) is 10.7. The van der Waals surface area contributed by atoms with Crippen molar-refractivity contribution in [3.8, 4) is 0 Å². The van der Waals surface area contributed by atoms with Gasteiger partial charge in [0.25, 0.3) is 0 Å².